The highest BCUT2D eigenvalue weighted by atomic mass is 16.3. The molecule has 2 aliphatic rings. The summed E-state index contributed by atoms with van der Waals surface area (Å²) >= 11 is 0. The number of pyridine rings is 1. The standard InChI is InChI=1S/C22H27N3O/c1-3-5-18(4-2)24-11-8-17(9-12-24)22(26)21-19(16-6-7-16)10-13-25-15-23-14-20(21)25/h3-5,10,13-17,22,26H,1-2,6-9,11-12H2/b18-5+. The van der Waals surface area contributed by atoms with E-state index >= 15 is 0 Å². The second-order valence-electron chi connectivity index (χ2n) is 7.45. The molecule has 1 aliphatic heterocycles. The maximum atomic E-state index is 11.3. The molecule has 0 radical (unpaired) electrons. The highest BCUT2D eigenvalue weighted by Gasteiger charge is 2.33. The second-order valence-corrected chi connectivity index (χ2v) is 7.45. The zero-order chi connectivity index (χ0) is 18.1. The van der Waals surface area contributed by atoms with Crippen LogP contribution >= 0.6 is 0 Å². The SMILES string of the molecule is C=C/C=C(\C=C)N1CCC(C(O)c2c(C3CC3)ccn3cncc23)CC1. The first kappa shape index (κ1) is 17.1. The summed E-state index contributed by atoms with van der Waals surface area (Å²) in [5, 5.41) is 11.3. The minimum absolute atomic E-state index is 0.277. The van der Waals surface area contributed by atoms with Crippen molar-refractivity contribution in [2.45, 2.75) is 37.7 Å². The van der Waals surface area contributed by atoms with Gasteiger partial charge >= 0.3 is 0 Å². The average molecular weight is 349 g/mol. The average Bonchev–Trinajstić information content (AvgIpc) is 3.41. The highest BCUT2D eigenvalue weighted by Crippen LogP contribution is 2.46. The second kappa shape index (κ2) is 7.12. The predicted molar refractivity (Wildman–Crippen MR) is 105 cm³/mol. The number of piperidine rings is 1. The summed E-state index contributed by atoms with van der Waals surface area (Å²) < 4.78 is 2.03. The van der Waals surface area contributed by atoms with E-state index in [4.69, 9.17) is 0 Å². The van der Waals surface area contributed by atoms with Crippen LogP contribution in [0.1, 0.15) is 48.8 Å². The van der Waals surface area contributed by atoms with Gasteiger partial charge in [0, 0.05) is 30.5 Å². The summed E-state index contributed by atoms with van der Waals surface area (Å²) in [5.41, 5.74) is 4.61. The molecule has 4 heteroatoms. The number of rotatable bonds is 6. The van der Waals surface area contributed by atoms with Crippen molar-refractivity contribution in [3.63, 3.8) is 0 Å². The quantitative estimate of drug-likeness (QED) is 0.794. The molecule has 3 heterocycles. The molecule has 2 fully saturated rings. The third-order valence-corrected chi connectivity index (χ3v) is 5.83. The molecular formula is C22H27N3O. The third kappa shape index (κ3) is 3.10. The number of aliphatic hydroxyl groups is 1. The third-order valence-electron chi connectivity index (χ3n) is 5.83. The van der Waals surface area contributed by atoms with Crippen LogP contribution in [-0.2, 0) is 0 Å². The Bertz CT molecular complexity index is 838. The van der Waals surface area contributed by atoms with Gasteiger partial charge in [0.2, 0.25) is 0 Å². The van der Waals surface area contributed by atoms with Gasteiger partial charge in [-0.3, -0.25) is 0 Å². The normalized spacial score (nSPS) is 20.3. The van der Waals surface area contributed by atoms with Crippen molar-refractivity contribution >= 4 is 5.52 Å². The minimum atomic E-state index is -0.427. The summed E-state index contributed by atoms with van der Waals surface area (Å²) in [5.74, 6) is 0.891. The largest absolute Gasteiger partial charge is 0.388 e. The van der Waals surface area contributed by atoms with Crippen LogP contribution in [-0.4, -0.2) is 32.5 Å². The van der Waals surface area contributed by atoms with Gasteiger partial charge in [0.25, 0.3) is 0 Å². The molecule has 2 aromatic rings. The van der Waals surface area contributed by atoms with Gasteiger partial charge in [-0.2, -0.15) is 0 Å². The van der Waals surface area contributed by atoms with E-state index in [0.29, 0.717) is 5.92 Å². The summed E-state index contributed by atoms with van der Waals surface area (Å²) in [6.45, 7) is 9.57. The van der Waals surface area contributed by atoms with Crippen LogP contribution in [0.25, 0.3) is 5.52 Å². The molecule has 136 valence electrons. The molecule has 2 aromatic heterocycles. The summed E-state index contributed by atoms with van der Waals surface area (Å²) in [6.07, 6.45) is 15.5. The smallest absolute Gasteiger partial charge is 0.0992 e. The van der Waals surface area contributed by atoms with Gasteiger partial charge in [-0.15, -0.1) is 0 Å². The number of likely N-dealkylation sites (tertiary alicyclic amines) is 1. The van der Waals surface area contributed by atoms with Crippen molar-refractivity contribution in [2.75, 3.05) is 13.1 Å². The fourth-order valence-corrected chi connectivity index (χ4v) is 4.24. The van der Waals surface area contributed by atoms with Gasteiger partial charge in [-0.05, 0) is 61.3 Å². The number of imidazole rings is 1. The lowest BCUT2D eigenvalue weighted by Gasteiger charge is -2.36. The lowest BCUT2D eigenvalue weighted by Crippen LogP contribution is -2.35. The van der Waals surface area contributed by atoms with E-state index in [0.717, 1.165) is 42.7 Å². The molecule has 1 atom stereocenters. The molecule has 0 aromatic carbocycles. The van der Waals surface area contributed by atoms with Crippen molar-refractivity contribution < 1.29 is 5.11 Å². The molecule has 0 spiro atoms. The number of allylic oxidation sites excluding steroid dienone is 3. The Kier molecular flexibility index (Phi) is 4.68. The van der Waals surface area contributed by atoms with E-state index in [1.807, 2.05) is 29.1 Å². The molecule has 1 N–H and O–H groups in total. The van der Waals surface area contributed by atoms with E-state index in [1.54, 1.807) is 6.08 Å². The van der Waals surface area contributed by atoms with Crippen LogP contribution in [0.3, 0.4) is 0 Å². The first-order valence-corrected chi connectivity index (χ1v) is 9.55. The number of nitrogens with zero attached hydrogens (tertiary/aromatic N) is 3. The number of hydrogen-bond acceptors (Lipinski definition) is 3. The Morgan fingerprint density at radius 2 is 2.00 bits per heavy atom. The number of aromatic nitrogens is 2. The molecule has 0 bridgehead atoms. The van der Waals surface area contributed by atoms with Crippen LogP contribution in [0, 0.1) is 5.92 Å². The highest BCUT2D eigenvalue weighted by molar-refractivity contribution is 5.59. The van der Waals surface area contributed by atoms with Crippen LogP contribution in [0.2, 0.25) is 0 Å². The summed E-state index contributed by atoms with van der Waals surface area (Å²) in [4.78, 5) is 6.63. The topological polar surface area (TPSA) is 40.8 Å². The minimum Gasteiger partial charge on any atom is -0.388 e. The predicted octanol–water partition coefficient (Wildman–Crippen LogP) is 4.21. The van der Waals surface area contributed by atoms with E-state index in [1.165, 1.54) is 18.4 Å². The van der Waals surface area contributed by atoms with Gasteiger partial charge < -0.3 is 14.4 Å². The van der Waals surface area contributed by atoms with Gasteiger partial charge in [0.05, 0.1) is 24.1 Å². The van der Waals surface area contributed by atoms with Crippen molar-refractivity contribution in [2.24, 2.45) is 5.92 Å². The molecular weight excluding hydrogens is 322 g/mol. The van der Waals surface area contributed by atoms with Crippen LogP contribution in [0.15, 0.2) is 61.9 Å². The lowest BCUT2D eigenvalue weighted by atomic mass is 9.84. The van der Waals surface area contributed by atoms with Crippen LogP contribution in [0.5, 0.6) is 0 Å². The summed E-state index contributed by atoms with van der Waals surface area (Å²) in [7, 11) is 0. The van der Waals surface area contributed by atoms with Gasteiger partial charge in [0.15, 0.2) is 0 Å². The van der Waals surface area contributed by atoms with Gasteiger partial charge in [-0.1, -0.05) is 19.2 Å². The Balaban J connectivity index is 1.57. The maximum Gasteiger partial charge on any atom is 0.0992 e. The van der Waals surface area contributed by atoms with Crippen molar-refractivity contribution in [1.82, 2.24) is 14.3 Å². The Hall–Kier alpha value is -2.33. The number of hydrogen-bond donors (Lipinski definition) is 1. The zero-order valence-electron chi connectivity index (χ0n) is 15.2. The van der Waals surface area contributed by atoms with Gasteiger partial charge in [-0.25, -0.2) is 4.98 Å². The summed E-state index contributed by atoms with van der Waals surface area (Å²) in [6, 6.07) is 2.18. The maximum absolute atomic E-state index is 11.3. The Labute approximate surface area is 155 Å². The Morgan fingerprint density at radius 3 is 2.65 bits per heavy atom. The molecule has 1 unspecified atom stereocenters. The molecule has 26 heavy (non-hydrogen) atoms. The van der Waals surface area contributed by atoms with Crippen molar-refractivity contribution in [1.29, 1.82) is 0 Å². The molecule has 1 saturated carbocycles. The first-order valence-electron chi connectivity index (χ1n) is 9.55. The number of aliphatic hydroxyl groups excluding tert-OH is 1. The van der Waals surface area contributed by atoms with Crippen molar-refractivity contribution in [3.05, 3.63) is 73.0 Å². The van der Waals surface area contributed by atoms with E-state index in [9.17, 15) is 5.11 Å². The first-order chi connectivity index (χ1) is 12.7. The molecule has 1 aliphatic carbocycles. The van der Waals surface area contributed by atoms with Crippen molar-refractivity contribution in [3.8, 4) is 0 Å². The molecule has 1 saturated heterocycles. The Morgan fingerprint density at radius 1 is 1.23 bits per heavy atom. The fourth-order valence-electron chi connectivity index (χ4n) is 4.24. The molecule has 4 rings (SSSR count). The lowest BCUT2D eigenvalue weighted by molar-refractivity contribution is 0.0684. The fraction of sp³-hybridized carbons (Fsp3) is 0.409. The monoisotopic (exact) mass is 349 g/mol. The molecule has 0 amide bonds. The van der Waals surface area contributed by atoms with E-state index < -0.39 is 6.10 Å². The van der Waals surface area contributed by atoms with Gasteiger partial charge in [0.1, 0.15) is 0 Å². The zero-order valence-corrected chi connectivity index (χ0v) is 15.2. The van der Waals surface area contributed by atoms with Crippen LogP contribution < -0.4 is 0 Å². The van der Waals surface area contributed by atoms with E-state index in [-0.39, 0.29) is 5.92 Å². The number of fused-ring (bicyclic) bond motifs is 1. The molecule has 4 nitrogen and oxygen atoms in total. The van der Waals surface area contributed by atoms with Crippen LogP contribution in [0.4, 0.5) is 0 Å². The van der Waals surface area contributed by atoms with E-state index in [2.05, 4.69) is 35.3 Å².